The van der Waals surface area contributed by atoms with Gasteiger partial charge < -0.3 is 15.6 Å². The van der Waals surface area contributed by atoms with E-state index in [2.05, 4.69) is 36.2 Å². The molecule has 0 aromatic carbocycles. The Labute approximate surface area is 142 Å². The van der Waals surface area contributed by atoms with E-state index in [1.807, 2.05) is 13.0 Å². The fraction of sp³-hybridized carbons (Fsp3) is 0.611. The van der Waals surface area contributed by atoms with Crippen LogP contribution in [0, 0.1) is 5.41 Å². The van der Waals surface area contributed by atoms with Crippen molar-refractivity contribution in [3.05, 3.63) is 23.0 Å². The van der Waals surface area contributed by atoms with Crippen LogP contribution in [0.2, 0.25) is 0 Å². The summed E-state index contributed by atoms with van der Waals surface area (Å²) in [5.41, 5.74) is 8.45. The van der Waals surface area contributed by atoms with Crippen molar-refractivity contribution in [1.82, 2.24) is 15.5 Å². The molecule has 1 fully saturated rings. The smallest absolute Gasteiger partial charge is 0.259 e. The fourth-order valence-electron chi connectivity index (χ4n) is 2.78. The fourth-order valence-corrected chi connectivity index (χ4v) is 2.78. The average Bonchev–Trinajstić information content (AvgIpc) is 3.28. The van der Waals surface area contributed by atoms with E-state index in [4.69, 9.17) is 10.3 Å². The van der Waals surface area contributed by atoms with E-state index < -0.39 is 0 Å². The number of fused-ring (bicyclic) bond motifs is 1. The molecule has 1 amide bonds. The SMILES string of the molecule is C[C@@H](CN)NC(=O)c1cc(C2CC2)nc2onc(CC(C)(C)C)c12. The molecule has 0 bridgehead atoms. The number of amides is 1. The van der Waals surface area contributed by atoms with Crippen LogP contribution in [0.1, 0.15) is 68.2 Å². The van der Waals surface area contributed by atoms with Gasteiger partial charge in [-0.1, -0.05) is 25.9 Å². The molecule has 0 aliphatic heterocycles. The maximum absolute atomic E-state index is 12.8. The van der Waals surface area contributed by atoms with E-state index in [9.17, 15) is 4.79 Å². The maximum Gasteiger partial charge on any atom is 0.259 e. The third-order valence-electron chi connectivity index (χ3n) is 4.21. The van der Waals surface area contributed by atoms with E-state index in [0.29, 0.717) is 23.7 Å². The molecule has 1 aliphatic carbocycles. The summed E-state index contributed by atoms with van der Waals surface area (Å²) in [4.78, 5) is 17.4. The lowest BCUT2D eigenvalue weighted by Gasteiger charge is -2.17. The Morgan fingerprint density at radius 2 is 2.17 bits per heavy atom. The molecular weight excluding hydrogens is 304 g/mol. The second kappa shape index (κ2) is 6.16. The standard InChI is InChI=1S/C18H26N4O2/c1-10(9-19)20-16(23)12-7-13(11-5-6-11)21-17-15(12)14(22-24-17)8-18(2,3)4/h7,10-11H,5-6,8-9,19H2,1-4H3,(H,20,23)/t10-/m0/s1. The molecule has 2 aromatic heterocycles. The molecule has 2 heterocycles. The lowest BCUT2D eigenvalue weighted by atomic mass is 9.89. The quantitative estimate of drug-likeness (QED) is 0.879. The molecule has 1 aliphatic rings. The number of nitrogens with two attached hydrogens (primary N) is 1. The van der Waals surface area contributed by atoms with Gasteiger partial charge in [-0.15, -0.1) is 0 Å². The Bertz CT molecular complexity index is 756. The predicted octanol–water partition coefficient (Wildman–Crippen LogP) is 2.77. The number of rotatable bonds is 5. The van der Waals surface area contributed by atoms with E-state index in [0.717, 1.165) is 36.0 Å². The number of nitrogens with zero attached hydrogens (tertiary/aromatic N) is 2. The highest BCUT2D eigenvalue weighted by Crippen LogP contribution is 2.40. The van der Waals surface area contributed by atoms with Gasteiger partial charge in [0.05, 0.1) is 16.6 Å². The minimum Gasteiger partial charge on any atom is -0.348 e. The summed E-state index contributed by atoms with van der Waals surface area (Å²) < 4.78 is 5.47. The van der Waals surface area contributed by atoms with Crippen molar-refractivity contribution < 1.29 is 9.32 Å². The molecule has 0 unspecified atom stereocenters. The number of hydrogen-bond donors (Lipinski definition) is 2. The molecule has 0 spiro atoms. The second-order valence-electron chi connectivity index (χ2n) is 8.03. The molecule has 6 nitrogen and oxygen atoms in total. The number of hydrogen-bond acceptors (Lipinski definition) is 5. The van der Waals surface area contributed by atoms with Gasteiger partial charge in [-0.25, -0.2) is 4.98 Å². The van der Waals surface area contributed by atoms with Crippen LogP contribution in [0.25, 0.3) is 11.1 Å². The summed E-state index contributed by atoms with van der Waals surface area (Å²) in [5.74, 6) is 0.296. The highest BCUT2D eigenvalue weighted by Gasteiger charge is 2.30. The zero-order valence-electron chi connectivity index (χ0n) is 14.8. The molecule has 2 aromatic rings. The second-order valence-corrected chi connectivity index (χ2v) is 8.03. The van der Waals surface area contributed by atoms with Crippen LogP contribution in [0.4, 0.5) is 0 Å². The summed E-state index contributed by atoms with van der Waals surface area (Å²) >= 11 is 0. The monoisotopic (exact) mass is 330 g/mol. The van der Waals surface area contributed by atoms with Gasteiger partial charge in [0.15, 0.2) is 0 Å². The zero-order valence-corrected chi connectivity index (χ0v) is 14.8. The molecule has 0 radical (unpaired) electrons. The lowest BCUT2D eigenvalue weighted by molar-refractivity contribution is 0.0942. The van der Waals surface area contributed by atoms with Crippen molar-refractivity contribution in [2.45, 2.75) is 58.9 Å². The molecule has 130 valence electrons. The summed E-state index contributed by atoms with van der Waals surface area (Å²) in [7, 11) is 0. The lowest BCUT2D eigenvalue weighted by Crippen LogP contribution is -2.38. The average molecular weight is 330 g/mol. The van der Waals surface area contributed by atoms with Crippen LogP contribution in [-0.4, -0.2) is 28.6 Å². The normalized spacial score (nSPS) is 16.4. The van der Waals surface area contributed by atoms with Crippen LogP contribution in [0.15, 0.2) is 10.6 Å². The third kappa shape index (κ3) is 3.59. The molecular formula is C18H26N4O2. The number of nitrogens with one attached hydrogen (secondary N) is 1. The van der Waals surface area contributed by atoms with Crippen molar-refractivity contribution in [1.29, 1.82) is 0 Å². The van der Waals surface area contributed by atoms with Gasteiger partial charge in [0, 0.05) is 24.2 Å². The predicted molar refractivity (Wildman–Crippen MR) is 92.9 cm³/mol. The number of carbonyl (C=O) groups excluding carboxylic acids is 1. The summed E-state index contributed by atoms with van der Waals surface area (Å²) in [6, 6.07) is 1.82. The van der Waals surface area contributed by atoms with Gasteiger partial charge in [-0.05, 0) is 37.7 Å². The molecule has 6 heteroatoms. The van der Waals surface area contributed by atoms with Crippen molar-refractivity contribution >= 4 is 17.0 Å². The highest BCUT2D eigenvalue weighted by atomic mass is 16.5. The highest BCUT2D eigenvalue weighted by molar-refractivity contribution is 6.06. The van der Waals surface area contributed by atoms with Crippen molar-refractivity contribution in [2.24, 2.45) is 11.1 Å². The van der Waals surface area contributed by atoms with E-state index in [1.165, 1.54) is 0 Å². The minimum atomic E-state index is -0.138. The molecule has 1 atom stereocenters. The molecule has 1 saturated carbocycles. The molecule has 3 N–H and O–H groups in total. The maximum atomic E-state index is 12.8. The Morgan fingerprint density at radius 1 is 1.46 bits per heavy atom. The largest absolute Gasteiger partial charge is 0.348 e. The molecule has 0 saturated heterocycles. The summed E-state index contributed by atoms with van der Waals surface area (Å²) in [6.07, 6.45) is 2.95. The number of carbonyl (C=O) groups is 1. The van der Waals surface area contributed by atoms with Gasteiger partial charge in [-0.3, -0.25) is 4.79 Å². The van der Waals surface area contributed by atoms with Gasteiger partial charge in [-0.2, -0.15) is 0 Å². The Hall–Kier alpha value is -1.95. The first-order valence-electron chi connectivity index (χ1n) is 8.58. The first-order chi connectivity index (χ1) is 11.3. The van der Waals surface area contributed by atoms with Gasteiger partial charge >= 0.3 is 0 Å². The van der Waals surface area contributed by atoms with Gasteiger partial charge in [0.2, 0.25) is 0 Å². The van der Waals surface area contributed by atoms with Crippen molar-refractivity contribution in [3.63, 3.8) is 0 Å². The van der Waals surface area contributed by atoms with Crippen molar-refractivity contribution in [2.75, 3.05) is 6.54 Å². The minimum absolute atomic E-state index is 0.0390. The van der Waals surface area contributed by atoms with E-state index in [-0.39, 0.29) is 17.4 Å². The van der Waals surface area contributed by atoms with Crippen molar-refractivity contribution in [3.8, 4) is 0 Å². The number of pyridine rings is 1. The van der Waals surface area contributed by atoms with Crippen LogP contribution in [0.3, 0.4) is 0 Å². The Balaban J connectivity index is 2.08. The van der Waals surface area contributed by atoms with Crippen LogP contribution in [-0.2, 0) is 6.42 Å². The number of aromatic nitrogens is 2. The first-order valence-corrected chi connectivity index (χ1v) is 8.58. The topological polar surface area (TPSA) is 94.0 Å². The zero-order chi connectivity index (χ0) is 17.5. The summed E-state index contributed by atoms with van der Waals surface area (Å²) in [5, 5.41) is 7.88. The third-order valence-corrected chi connectivity index (χ3v) is 4.21. The van der Waals surface area contributed by atoms with Gasteiger partial charge in [0.1, 0.15) is 0 Å². The van der Waals surface area contributed by atoms with Gasteiger partial charge in [0.25, 0.3) is 11.6 Å². The van der Waals surface area contributed by atoms with Crippen LogP contribution >= 0.6 is 0 Å². The van der Waals surface area contributed by atoms with E-state index in [1.54, 1.807) is 0 Å². The first kappa shape index (κ1) is 16.9. The van der Waals surface area contributed by atoms with E-state index >= 15 is 0 Å². The summed E-state index contributed by atoms with van der Waals surface area (Å²) in [6.45, 7) is 8.69. The van der Waals surface area contributed by atoms with Crippen LogP contribution < -0.4 is 11.1 Å². The Morgan fingerprint density at radius 3 is 2.75 bits per heavy atom. The molecule has 3 rings (SSSR count). The van der Waals surface area contributed by atoms with Crippen LogP contribution in [0.5, 0.6) is 0 Å². The molecule has 24 heavy (non-hydrogen) atoms. The Kier molecular flexibility index (Phi) is 4.34.